The first-order valence-electron chi connectivity index (χ1n) is 6.09. The predicted molar refractivity (Wildman–Crippen MR) is 85.2 cm³/mol. The molecule has 0 saturated heterocycles. The predicted octanol–water partition coefficient (Wildman–Crippen LogP) is 2.85. The van der Waals surface area contributed by atoms with Gasteiger partial charge in [-0.3, -0.25) is 0 Å². The molecule has 0 spiro atoms. The van der Waals surface area contributed by atoms with Crippen molar-refractivity contribution in [1.29, 1.82) is 0 Å². The molecule has 8 heteroatoms. The Bertz CT molecular complexity index is 714. The third-order valence-corrected chi connectivity index (χ3v) is 6.38. The van der Waals surface area contributed by atoms with Crippen LogP contribution in [-0.2, 0) is 23.1 Å². The van der Waals surface area contributed by atoms with Gasteiger partial charge in [0.15, 0.2) is 0 Å². The standard InChI is InChI=1S/C13H14BrFN2O2S2/c1-16-8-11-6-12(13(14)20-11)21(18,19)17-7-9-2-4-10(15)5-3-9/h2-6,16-17H,7-8H2,1H3. The maximum Gasteiger partial charge on any atom is 0.242 e. The van der Waals surface area contributed by atoms with Crippen LogP contribution in [0.1, 0.15) is 10.4 Å². The highest BCUT2D eigenvalue weighted by molar-refractivity contribution is 9.11. The van der Waals surface area contributed by atoms with E-state index >= 15 is 0 Å². The summed E-state index contributed by atoms with van der Waals surface area (Å²) in [5.74, 6) is -0.348. The normalized spacial score (nSPS) is 11.8. The number of rotatable bonds is 6. The Morgan fingerprint density at radius 2 is 1.90 bits per heavy atom. The zero-order valence-corrected chi connectivity index (χ0v) is 14.4. The molecule has 2 rings (SSSR count). The number of benzene rings is 1. The highest BCUT2D eigenvalue weighted by Crippen LogP contribution is 2.31. The van der Waals surface area contributed by atoms with Crippen LogP contribution in [-0.4, -0.2) is 15.5 Å². The van der Waals surface area contributed by atoms with E-state index in [-0.39, 0.29) is 17.3 Å². The first-order valence-corrected chi connectivity index (χ1v) is 9.18. The summed E-state index contributed by atoms with van der Waals surface area (Å²) in [6.45, 7) is 0.725. The second-order valence-electron chi connectivity index (χ2n) is 4.33. The molecule has 0 radical (unpaired) electrons. The highest BCUT2D eigenvalue weighted by Gasteiger charge is 2.20. The van der Waals surface area contributed by atoms with Gasteiger partial charge >= 0.3 is 0 Å². The van der Waals surface area contributed by atoms with E-state index in [1.165, 1.54) is 23.5 Å². The molecule has 1 aromatic carbocycles. The smallest absolute Gasteiger partial charge is 0.242 e. The molecule has 0 saturated carbocycles. The first-order chi connectivity index (χ1) is 9.92. The van der Waals surface area contributed by atoms with Gasteiger partial charge in [0.25, 0.3) is 0 Å². The average Bonchev–Trinajstić information content (AvgIpc) is 2.80. The molecular weight excluding hydrogens is 379 g/mol. The lowest BCUT2D eigenvalue weighted by atomic mass is 10.2. The summed E-state index contributed by atoms with van der Waals surface area (Å²) >= 11 is 4.66. The third kappa shape index (κ3) is 4.33. The van der Waals surface area contributed by atoms with Gasteiger partial charge in [-0.15, -0.1) is 11.3 Å². The average molecular weight is 393 g/mol. The van der Waals surface area contributed by atoms with Gasteiger partial charge in [-0.1, -0.05) is 12.1 Å². The molecule has 0 aliphatic rings. The largest absolute Gasteiger partial charge is 0.315 e. The van der Waals surface area contributed by atoms with Crippen LogP contribution in [0.15, 0.2) is 39.0 Å². The van der Waals surface area contributed by atoms with Crippen LogP contribution in [0, 0.1) is 5.82 Å². The SMILES string of the molecule is CNCc1cc(S(=O)(=O)NCc2ccc(F)cc2)c(Br)s1. The Labute approximate surface area is 135 Å². The van der Waals surface area contributed by atoms with Crippen LogP contribution in [0.2, 0.25) is 0 Å². The van der Waals surface area contributed by atoms with Gasteiger partial charge in [0, 0.05) is 18.0 Å². The van der Waals surface area contributed by atoms with Crippen LogP contribution in [0.5, 0.6) is 0 Å². The molecule has 0 atom stereocenters. The van der Waals surface area contributed by atoms with Gasteiger partial charge in [0.05, 0.1) is 3.79 Å². The first kappa shape index (κ1) is 16.6. The van der Waals surface area contributed by atoms with Crippen LogP contribution in [0.25, 0.3) is 0 Å². The van der Waals surface area contributed by atoms with E-state index in [1.54, 1.807) is 25.2 Å². The molecule has 0 amide bonds. The minimum atomic E-state index is -3.60. The van der Waals surface area contributed by atoms with Crippen LogP contribution in [0.4, 0.5) is 4.39 Å². The summed E-state index contributed by atoms with van der Waals surface area (Å²) in [7, 11) is -1.80. The van der Waals surface area contributed by atoms with Crippen LogP contribution >= 0.6 is 27.3 Å². The lowest BCUT2D eigenvalue weighted by Gasteiger charge is -2.06. The minimum absolute atomic E-state index is 0.117. The van der Waals surface area contributed by atoms with Crippen molar-refractivity contribution in [3.63, 3.8) is 0 Å². The molecule has 4 nitrogen and oxygen atoms in total. The van der Waals surface area contributed by atoms with Crippen LogP contribution in [0.3, 0.4) is 0 Å². The summed E-state index contributed by atoms with van der Waals surface area (Å²) < 4.78 is 40.5. The number of thiophene rings is 1. The molecule has 114 valence electrons. The van der Waals surface area contributed by atoms with Gasteiger partial charge in [-0.2, -0.15) is 0 Å². The number of hydrogen-bond donors (Lipinski definition) is 2. The Kier molecular flexibility index (Phi) is 5.50. The lowest BCUT2D eigenvalue weighted by molar-refractivity contribution is 0.581. The lowest BCUT2D eigenvalue weighted by Crippen LogP contribution is -2.23. The zero-order chi connectivity index (χ0) is 15.5. The van der Waals surface area contributed by atoms with Crippen LogP contribution < -0.4 is 10.0 Å². The molecule has 0 unspecified atom stereocenters. The van der Waals surface area contributed by atoms with Crippen molar-refractivity contribution >= 4 is 37.3 Å². The maximum absolute atomic E-state index is 12.8. The molecule has 0 aliphatic carbocycles. The number of nitrogens with one attached hydrogen (secondary N) is 2. The monoisotopic (exact) mass is 392 g/mol. The molecule has 0 aliphatic heterocycles. The van der Waals surface area contributed by atoms with Crippen molar-refractivity contribution in [2.45, 2.75) is 18.0 Å². The summed E-state index contributed by atoms with van der Waals surface area (Å²) in [6.07, 6.45) is 0. The second kappa shape index (κ2) is 6.97. The quantitative estimate of drug-likeness (QED) is 0.794. The molecule has 2 aromatic rings. The van der Waals surface area contributed by atoms with Crippen molar-refractivity contribution in [2.24, 2.45) is 0 Å². The van der Waals surface area contributed by atoms with E-state index in [4.69, 9.17) is 0 Å². The molecule has 21 heavy (non-hydrogen) atoms. The van der Waals surface area contributed by atoms with E-state index in [0.717, 1.165) is 4.88 Å². The molecule has 1 heterocycles. The van der Waals surface area contributed by atoms with Gasteiger partial charge in [-0.05, 0) is 46.7 Å². The maximum atomic E-state index is 12.8. The van der Waals surface area contributed by atoms with Crippen molar-refractivity contribution in [3.8, 4) is 0 Å². The van der Waals surface area contributed by atoms with E-state index in [1.807, 2.05) is 0 Å². The summed E-state index contributed by atoms with van der Waals surface area (Å²) in [6, 6.07) is 7.34. The molecule has 2 N–H and O–H groups in total. The molecule has 0 bridgehead atoms. The molecule has 0 fully saturated rings. The highest BCUT2D eigenvalue weighted by atomic mass is 79.9. The van der Waals surface area contributed by atoms with E-state index in [0.29, 0.717) is 15.9 Å². The number of halogens is 2. The second-order valence-corrected chi connectivity index (χ2v) is 8.52. The Morgan fingerprint density at radius 3 is 2.52 bits per heavy atom. The minimum Gasteiger partial charge on any atom is -0.315 e. The summed E-state index contributed by atoms with van der Waals surface area (Å²) in [5, 5.41) is 2.98. The Balaban J connectivity index is 2.12. The zero-order valence-electron chi connectivity index (χ0n) is 11.2. The fourth-order valence-electron chi connectivity index (χ4n) is 1.70. The molecular formula is C13H14BrFN2O2S2. The fourth-order valence-corrected chi connectivity index (χ4v) is 5.41. The van der Waals surface area contributed by atoms with E-state index in [9.17, 15) is 12.8 Å². The van der Waals surface area contributed by atoms with Gasteiger partial charge < -0.3 is 5.32 Å². The topological polar surface area (TPSA) is 58.2 Å². The third-order valence-electron chi connectivity index (χ3n) is 2.73. The van der Waals surface area contributed by atoms with Crippen molar-refractivity contribution in [3.05, 3.63) is 50.4 Å². The fraction of sp³-hybridized carbons (Fsp3) is 0.231. The number of sulfonamides is 1. The van der Waals surface area contributed by atoms with Gasteiger partial charge in [-0.25, -0.2) is 17.5 Å². The number of hydrogen-bond acceptors (Lipinski definition) is 4. The van der Waals surface area contributed by atoms with Gasteiger partial charge in [0.1, 0.15) is 10.7 Å². The van der Waals surface area contributed by atoms with E-state index in [2.05, 4.69) is 26.0 Å². The van der Waals surface area contributed by atoms with Gasteiger partial charge in [0.2, 0.25) is 10.0 Å². The molecule has 1 aromatic heterocycles. The van der Waals surface area contributed by atoms with Crippen molar-refractivity contribution in [2.75, 3.05) is 7.05 Å². The summed E-state index contributed by atoms with van der Waals surface area (Å²) in [5.41, 5.74) is 0.696. The Morgan fingerprint density at radius 1 is 1.24 bits per heavy atom. The van der Waals surface area contributed by atoms with Crippen molar-refractivity contribution in [1.82, 2.24) is 10.0 Å². The van der Waals surface area contributed by atoms with Crippen molar-refractivity contribution < 1.29 is 12.8 Å². The Hall–Kier alpha value is -0.800. The summed E-state index contributed by atoms with van der Waals surface area (Å²) in [4.78, 5) is 1.14. The van der Waals surface area contributed by atoms with E-state index < -0.39 is 10.0 Å².